The predicted octanol–water partition coefficient (Wildman–Crippen LogP) is 3.04. The molecule has 0 aromatic heterocycles. The van der Waals surface area contributed by atoms with Gasteiger partial charge in [0, 0.05) is 6.54 Å². The molecule has 2 heteroatoms. The van der Waals surface area contributed by atoms with Gasteiger partial charge < -0.3 is 10.4 Å². The Bertz CT molecular complexity index is 354. The van der Waals surface area contributed by atoms with Crippen molar-refractivity contribution in [2.75, 3.05) is 13.1 Å². The molecule has 1 fully saturated rings. The molecule has 0 bridgehead atoms. The van der Waals surface area contributed by atoms with Gasteiger partial charge in [-0.3, -0.25) is 0 Å². The lowest BCUT2D eigenvalue weighted by Crippen LogP contribution is -2.30. The second-order valence-electron chi connectivity index (χ2n) is 6.62. The number of aliphatic hydroxyl groups is 1. The third kappa shape index (κ3) is 3.24. The van der Waals surface area contributed by atoms with E-state index in [2.05, 4.69) is 38.2 Å². The van der Waals surface area contributed by atoms with Gasteiger partial charge in [-0.05, 0) is 56.1 Å². The minimum Gasteiger partial charge on any atom is -0.393 e. The van der Waals surface area contributed by atoms with Crippen molar-refractivity contribution < 1.29 is 5.11 Å². The second-order valence-corrected chi connectivity index (χ2v) is 6.62. The van der Waals surface area contributed by atoms with Gasteiger partial charge in [-0.25, -0.2) is 0 Å². The van der Waals surface area contributed by atoms with Gasteiger partial charge in [0.25, 0.3) is 0 Å². The minimum absolute atomic E-state index is 0.0493. The van der Waals surface area contributed by atoms with E-state index in [1.54, 1.807) is 5.57 Å². The van der Waals surface area contributed by atoms with Crippen LogP contribution in [0.4, 0.5) is 0 Å². The van der Waals surface area contributed by atoms with Crippen LogP contribution in [0.2, 0.25) is 0 Å². The molecule has 2 nitrogen and oxygen atoms in total. The summed E-state index contributed by atoms with van der Waals surface area (Å²) >= 11 is 0. The van der Waals surface area contributed by atoms with Crippen LogP contribution >= 0.6 is 0 Å². The lowest BCUT2D eigenvalue weighted by molar-refractivity contribution is 0.177. The molecule has 0 saturated heterocycles. The van der Waals surface area contributed by atoms with Crippen LogP contribution in [0.1, 0.15) is 46.5 Å². The lowest BCUT2D eigenvalue weighted by Gasteiger charge is -2.32. The molecule has 0 aliphatic heterocycles. The SMILES string of the molecule is CC1=C(CNCC2CCC(O)C2)C(C)(C)CC=C1. The van der Waals surface area contributed by atoms with Gasteiger partial charge in [-0.15, -0.1) is 0 Å². The highest BCUT2D eigenvalue weighted by molar-refractivity contribution is 5.33. The summed E-state index contributed by atoms with van der Waals surface area (Å²) < 4.78 is 0. The van der Waals surface area contributed by atoms with Crippen molar-refractivity contribution in [3.05, 3.63) is 23.3 Å². The molecule has 0 aromatic carbocycles. The summed E-state index contributed by atoms with van der Waals surface area (Å²) in [5.74, 6) is 0.670. The van der Waals surface area contributed by atoms with E-state index >= 15 is 0 Å². The van der Waals surface area contributed by atoms with E-state index in [0.29, 0.717) is 11.3 Å². The number of hydrogen-bond donors (Lipinski definition) is 2. The van der Waals surface area contributed by atoms with Gasteiger partial charge in [0.05, 0.1) is 6.10 Å². The molecule has 2 aliphatic rings. The van der Waals surface area contributed by atoms with Gasteiger partial charge in [-0.1, -0.05) is 31.6 Å². The van der Waals surface area contributed by atoms with Gasteiger partial charge >= 0.3 is 0 Å². The van der Waals surface area contributed by atoms with Crippen molar-refractivity contribution in [1.29, 1.82) is 0 Å². The smallest absolute Gasteiger partial charge is 0.0543 e. The van der Waals surface area contributed by atoms with Crippen molar-refractivity contribution in [2.45, 2.75) is 52.6 Å². The number of aliphatic hydroxyl groups excluding tert-OH is 1. The first-order chi connectivity index (χ1) is 8.49. The van der Waals surface area contributed by atoms with Crippen molar-refractivity contribution in [2.24, 2.45) is 11.3 Å². The van der Waals surface area contributed by atoms with E-state index in [1.165, 1.54) is 12.0 Å². The summed E-state index contributed by atoms with van der Waals surface area (Å²) in [4.78, 5) is 0. The van der Waals surface area contributed by atoms with E-state index in [0.717, 1.165) is 32.4 Å². The molecule has 1 saturated carbocycles. The lowest BCUT2D eigenvalue weighted by atomic mass is 9.75. The minimum atomic E-state index is -0.0493. The molecule has 2 atom stereocenters. The first kappa shape index (κ1) is 13.8. The molecule has 0 spiro atoms. The summed E-state index contributed by atoms with van der Waals surface area (Å²) in [6.07, 6.45) is 8.77. The zero-order chi connectivity index (χ0) is 13.2. The fourth-order valence-corrected chi connectivity index (χ4v) is 3.30. The average molecular weight is 249 g/mol. The third-order valence-corrected chi connectivity index (χ3v) is 4.54. The van der Waals surface area contributed by atoms with Gasteiger partial charge in [0.2, 0.25) is 0 Å². The molecule has 0 radical (unpaired) electrons. The quantitative estimate of drug-likeness (QED) is 0.802. The number of nitrogens with one attached hydrogen (secondary N) is 1. The largest absolute Gasteiger partial charge is 0.393 e. The molecule has 2 aliphatic carbocycles. The summed E-state index contributed by atoms with van der Waals surface area (Å²) in [7, 11) is 0. The maximum Gasteiger partial charge on any atom is 0.0543 e. The Labute approximate surface area is 111 Å². The molecule has 2 N–H and O–H groups in total. The van der Waals surface area contributed by atoms with E-state index < -0.39 is 0 Å². The highest BCUT2D eigenvalue weighted by Crippen LogP contribution is 2.36. The first-order valence-corrected chi connectivity index (χ1v) is 7.24. The topological polar surface area (TPSA) is 32.3 Å². The average Bonchev–Trinajstić information content (AvgIpc) is 2.68. The van der Waals surface area contributed by atoms with Crippen LogP contribution < -0.4 is 5.32 Å². The second kappa shape index (κ2) is 5.58. The van der Waals surface area contributed by atoms with Crippen molar-refractivity contribution in [1.82, 2.24) is 5.32 Å². The third-order valence-electron chi connectivity index (χ3n) is 4.54. The van der Waals surface area contributed by atoms with E-state index in [-0.39, 0.29) is 6.10 Å². The summed E-state index contributed by atoms with van der Waals surface area (Å²) in [5, 5.41) is 13.1. The monoisotopic (exact) mass is 249 g/mol. The van der Waals surface area contributed by atoms with Crippen LogP contribution in [0, 0.1) is 11.3 Å². The normalized spacial score (nSPS) is 31.1. The molecule has 18 heavy (non-hydrogen) atoms. The number of hydrogen-bond acceptors (Lipinski definition) is 2. The first-order valence-electron chi connectivity index (χ1n) is 7.24. The van der Waals surface area contributed by atoms with E-state index in [9.17, 15) is 5.11 Å². The fraction of sp³-hybridized carbons (Fsp3) is 0.750. The number of allylic oxidation sites excluding steroid dienone is 3. The maximum absolute atomic E-state index is 9.53. The molecular weight excluding hydrogens is 222 g/mol. The predicted molar refractivity (Wildman–Crippen MR) is 76.5 cm³/mol. The van der Waals surface area contributed by atoms with Gasteiger partial charge in [-0.2, -0.15) is 0 Å². The fourth-order valence-electron chi connectivity index (χ4n) is 3.30. The van der Waals surface area contributed by atoms with Gasteiger partial charge in [0.1, 0.15) is 0 Å². The Morgan fingerprint density at radius 1 is 1.39 bits per heavy atom. The van der Waals surface area contributed by atoms with Crippen molar-refractivity contribution in [3.63, 3.8) is 0 Å². The standard InChI is InChI=1S/C16H27NO/c1-12-5-4-8-16(2,3)15(12)11-17-10-13-6-7-14(18)9-13/h4-5,13-14,17-18H,6-11H2,1-3H3. The Morgan fingerprint density at radius 2 is 2.17 bits per heavy atom. The Hall–Kier alpha value is -0.600. The van der Waals surface area contributed by atoms with Crippen LogP contribution in [-0.4, -0.2) is 24.3 Å². The zero-order valence-electron chi connectivity index (χ0n) is 12.0. The van der Waals surface area contributed by atoms with Gasteiger partial charge in [0.15, 0.2) is 0 Å². The molecule has 0 aromatic rings. The van der Waals surface area contributed by atoms with Crippen LogP contribution in [0.15, 0.2) is 23.3 Å². The molecule has 0 heterocycles. The van der Waals surface area contributed by atoms with Crippen LogP contribution in [0.5, 0.6) is 0 Å². The molecule has 102 valence electrons. The van der Waals surface area contributed by atoms with Crippen LogP contribution in [0.25, 0.3) is 0 Å². The van der Waals surface area contributed by atoms with Crippen LogP contribution in [-0.2, 0) is 0 Å². The summed E-state index contributed by atoms with van der Waals surface area (Å²) in [5.41, 5.74) is 3.26. The maximum atomic E-state index is 9.53. The molecular formula is C16H27NO. The Kier molecular flexibility index (Phi) is 4.29. The molecule has 2 rings (SSSR count). The highest BCUT2D eigenvalue weighted by Gasteiger charge is 2.26. The highest BCUT2D eigenvalue weighted by atomic mass is 16.3. The summed E-state index contributed by atoms with van der Waals surface area (Å²) in [6, 6.07) is 0. The van der Waals surface area contributed by atoms with Crippen molar-refractivity contribution >= 4 is 0 Å². The molecule has 2 unspecified atom stereocenters. The van der Waals surface area contributed by atoms with E-state index in [4.69, 9.17) is 0 Å². The van der Waals surface area contributed by atoms with Crippen molar-refractivity contribution in [3.8, 4) is 0 Å². The number of rotatable bonds is 4. The molecule has 0 amide bonds. The van der Waals surface area contributed by atoms with Crippen LogP contribution in [0.3, 0.4) is 0 Å². The Balaban J connectivity index is 1.84. The zero-order valence-corrected chi connectivity index (χ0v) is 12.0. The van der Waals surface area contributed by atoms with E-state index in [1.807, 2.05) is 0 Å². The summed E-state index contributed by atoms with van der Waals surface area (Å²) in [6.45, 7) is 8.92. The Morgan fingerprint density at radius 3 is 2.78 bits per heavy atom.